The van der Waals surface area contributed by atoms with Gasteiger partial charge < -0.3 is 10.4 Å². The number of phenolic OH excluding ortho intramolecular Hbond substituents is 1. The number of carbonyl (C=O) groups is 1. The Morgan fingerprint density at radius 3 is 2.70 bits per heavy atom. The van der Waals surface area contributed by atoms with Crippen molar-refractivity contribution in [3.8, 4) is 5.75 Å². The molecule has 1 rings (SSSR count). The van der Waals surface area contributed by atoms with Gasteiger partial charge in [0.05, 0.1) is 10.6 Å². The van der Waals surface area contributed by atoms with Crippen LogP contribution in [0.1, 0.15) is 56.8 Å². The predicted octanol–water partition coefficient (Wildman–Crippen LogP) is 4.38. The second-order valence-corrected chi connectivity index (χ2v) is 6.38. The molecule has 0 fully saturated rings. The van der Waals surface area contributed by atoms with E-state index in [9.17, 15) is 9.90 Å². The maximum Gasteiger partial charge on any atom is 0.252 e. The van der Waals surface area contributed by atoms with E-state index in [0.29, 0.717) is 17.1 Å². The van der Waals surface area contributed by atoms with Crippen LogP contribution in [0.2, 0.25) is 5.02 Å². The van der Waals surface area contributed by atoms with Crippen LogP contribution >= 0.6 is 11.6 Å². The van der Waals surface area contributed by atoms with Crippen LogP contribution in [0.3, 0.4) is 0 Å². The summed E-state index contributed by atoms with van der Waals surface area (Å²) in [5.74, 6) is -0.198. The average Bonchev–Trinajstić information content (AvgIpc) is 2.39. The summed E-state index contributed by atoms with van der Waals surface area (Å²) in [6, 6.07) is 4.38. The van der Waals surface area contributed by atoms with Gasteiger partial charge in [-0.2, -0.15) is 0 Å². The van der Waals surface area contributed by atoms with E-state index in [1.165, 1.54) is 37.5 Å². The fourth-order valence-corrected chi connectivity index (χ4v) is 2.25. The zero-order valence-electron chi connectivity index (χ0n) is 12.5. The lowest BCUT2D eigenvalue weighted by Gasteiger charge is -2.25. The number of hydrogen-bond acceptors (Lipinski definition) is 2. The molecule has 4 heteroatoms. The molecule has 1 aromatic rings. The molecule has 0 unspecified atom stereocenters. The normalized spacial score (nSPS) is 11.4. The zero-order valence-corrected chi connectivity index (χ0v) is 13.3. The van der Waals surface area contributed by atoms with Crippen LogP contribution in [0, 0.1) is 5.41 Å². The summed E-state index contributed by atoms with van der Waals surface area (Å²) in [6.07, 6.45) is 4.66. The van der Waals surface area contributed by atoms with Crippen molar-refractivity contribution in [3.63, 3.8) is 0 Å². The Labute approximate surface area is 126 Å². The van der Waals surface area contributed by atoms with E-state index in [-0.39, 0.29) is 17.1 Å². The number of carbonyl (C=O) groups excluding carboxylic acids is 1. The molecule has 0 bridgehead atoms. The molecule has 1 aromatic carbocycles. The van der Waals surface area contributed by atoms with E-state index < -0.39 is 0 Å². The summed E-state index contributed by atoms with van der Waals surface area (Å²) < 4.78 is 0. The molecular formula is C16H24ClNO2. The van der Waals surface area contributed by atoms with Gasteiger partial charge in [0.15, 0.2) is 0 Å². The topological polar surface area (TPSA) is 49.3 Å². The van der Waals surface area contributed by atoms with Crippen LogP contribution < -0.4 is 5.32 Å². The monoisotopic (exact) mass is 297 g/mol. The number of aromatic hydroxyl groups is 1. The number of rotatable bonds is 7. The Morgan fingerprint density at radius 2 is 2.05 bits per heavy atom. The molecule has 0 saturated carbocycles. The number of hydrogen-bond donors (Lipinski definition) is 2. The van der Waals surface area contributed by atoms with E-state index in [1.54, 1.807) is 0 Å². The van der Waals surface area contributed by atoms with Gasteiger partial charge in [-0.15, -0.1) is 0 Å². The lowest BCUT2D eigenvalue weighted by Crippen LogP contribution is -2.34. The highest BCUT2D eigenvalue weighted by molar-refractivity contribution is 6.33. The van der Waals surface area contributed by atoms with E-state index in [0.717, 1.165) is 6.42 Å². The van der Waals surface area contributed by atoms with E-state index in [4.69, 9.17) is 11.6 Å². The smallest absolute Gasteiger partial charge is 0.252 e. The van der Waals surface area contributed by atoms with Gasteiger partial charge in [0.2, 0.25) is 0 Å². The molecule has 0 aliphatic carbocycles. The Bertz CT molecular complexity index is 458. The van der Waals surface area contributed by atoms with Crippen molar-refractivity contribution < 1.29 is 9.90 Å². The standard InChI is InChI=1S/C16H24ClNO2/c1-4-5-6-9-16(2,3)11-18-15(20)13-10-12(19)7-8-14(13)17/h7-8,10,19H,4-6,9,11H2,1-3H3,(H,18,20). The third-order valence-corrected chi connectivity index (χ3v) is 3.71. The Hall–Kier alpha value is -1.22. The summed E-state index contributed by atoms with van der Waals surface area (Å²) in [5, 5.41) is 12.7. The molecule has 2 N–H and O–H groups in total. The summed E-state index contributed by atoms with van der Waals surface area (Å²) in [4.78, 5) is 12.1. The van der Waals surface area contributed by atoms with Crippen molar-refractivity contribution in [2.24, 2.45) is 5.41 Å². The fraction of sp³-hybridized carbons (Fsp3) is 0.562. The first-order chi connectivity index (χ1) is 9.35. The Morgan fingerprint density at radius 1 is 1.35 bits per heavy atom. The quantitative estimate of drug-likeness (QED) is 0.734. The first kappa shape index (κ1) is 16.8. The van der Waals surface area contributed by atoms with Crippen molar-refractivity contribution in [3.05, 3.63) is 28.8 Å². The average molecular weight is 298 g/mol. The molecule has 0 spiro atoms. The van der Waals surface area contributed by atoms with Crippen molar-refractivity contribution in [2.45, 2.75) is 46.5 Å². The van der Waals surface area contributed by atoms with Gasteiger partial charge in [-0.05, 0) is 30.0 Å². The first-order valence-electron chi connectivity index (χ1n) is 7.12. The highest BCUT2D eigenvalue weighted by Crippen LogP contribution is 2.24. The SMILES string of the molecule is CCCCCC(C)(C)CNC(=O)c1cc(O)ccc1Cl. The number of unbranched alkanes of at least 4 members (excludes halogenated alkanes) is 2. The molecule has 112 valence electrons. The number of phenols is 1. The van der Waals surface area contributed by atoms with Gasteiger partial charge in [0.1, 0.15) is 5.75 Å². The van der Waals surface area contributed by atoms with Crippen LogP contribution in [-0.4, -0.2) is 17.6 Å². The number of amides is 1. The third-order valence-electron chi connectivity index (χ3n) is 3.38. The maximum atomic E-state index is 12.1. The molecular weight excluding hydrogens is 274 g/mol. The van der Waals surface area contributed by atoms with Gasteiger partial charge in [-0.1, -0.05) is 51.6 Å². The molecule has 0 saturated heterocycles. The summed E-state index contributed by atoms with van der Waals surface area (Å²) in [7, 11) is 0. The van der Waals surface area contributed by atoms with Gasteiger partial charge >= 0.3 is 0 Å². The van der Waals surface area contributed by atoms with Crippen LogP contribution in [0.5, 0.6) is 5.75 Å². The van der Waals surface area contributed by atoms with Gasteiger partial charge in [-0.3, -0.25) is 4.79 Å². The van der Waals surface area contributed by atoms with Crippen molar-refractivity contribution in [1.29, 1.82) is 0 Å². The minimum absolute atomic E-state index is 0.0433. The molecule has 0 aromatic heterocycles. The van der Waals surface area contributed by atoms with E-state index in [2.05, 4.69) is 26.1 Å². The minimum Gasteiger partial charge on any atom is -0.508 e. The predicted molar refractivity (Wildman–Crippen MR) is 83.4 cm³/mol. The van der Waals surface area contributed by atoms with E-state index >= 15 is 0 Å². The van der Waals surface area contributed by atoms with E-state index in [1.807, 2.05) is 0 Å². The van der Waals surface area contributed by atoms with Crippen LogP contribution in [0.4, 0.5) is 0 Å². The Balaban J connectivity index is 2.56. The van der Waals surface area contributed by atoms with Gasteiger partial charge in [0.25, 0.3) is 5.91 Å². The molecule has 0 aliphatic rings. The number of benzene rings is 1. The molecule has 20 heavy (non-hydrogen) atoms. The second-order valence-electron chi connectivity index (χ2n) is 5.97. The lowest BCUT2D eigenvalue weighted by atomic mass is 9.87. The van der Waals surface area contributed by atoms with Crippen molar-refractivity contribution in [2.75, 3.05) is 6.54 Å². The Kier molecular flexibility index (Phi) is 6.34. The zero-order chi connectivity index (χ0) is 15.2. The largest absolute Gasteiger partial charge is 0.508 e. The number of halogens is 1. The summed E-state index contributed by atoms with van der Waals surface area (Å²) in [6.45, 7) is 7.07. The molecule has 0 radical (unpaired) electrons. The fourth-order valence-electron chi connectivity index (χ4n) is 2.04. The minimum atomic E-state index is -0.241. The highest BCUT2D eigenvalue weighted by atomic mass is 35.5. The van der Waals surface area contributed by atoms with Gasteiger partial charge in [0, 0.05) is 6.54 Å². The number of nitrogens with one attached hydrogen (secondary N) is 1. The third kappa shape index (κ3) is 5.41. The van der Waals surface area contributed by atoms with Crippen molar-refractivity contribution in [1.82, 2.24) is 5.32 Å². The van der Waals surface area contributed by atoms with Crippen molar-refractivity contribution >= 4 is 17.5 Å². The molecule has 1 amide bonds. The highest BCUT2D eigenvalue weighted by Gasteiger charge is 2.19. The molecule has 0 atom stereocenters. The lowest BCUT2D eigenvalue weighted by molar-refractivity contribution is 0.0934. The second kappa shape index (κ2) is 7.53. The molecule has 3 nitrogen and oxygen atoms in total. The first-order valence-corrected chi connectivity index (χ1v) is 7.50. The molecule has 0 heterocycles. The summed E-state index contributed by atoms with van der Waals surface area (Å²) in [5.41, 5.74) is 0.379. The van der Waals surface area contributed by atoms with Crippen LogP contribution in [0.25, 0.3) is 0 Å². The van der Waals surface area contributed by atoms with Crippen LogP contribution in [-0.2, 0) is 0 Å². The summed E-state index contributed by atoms with van der Waals surface area (Å²) >= 11 is 5.97. The molecule has 0 aliphatic heterocycles. The van der Waals surface area contributed by atoms with Crippen LogP contribution in [0.15, 0.2) is 18.2 Å². The van der Waals surface area contributed by atoms with Gasteiger partial charge in [-0.25, -0.2) is 0 Å². The maximum absolute atomic E-state index is 12.1.